The highest BCUT2D eigenvalue weighted by Crippen LogP contribution is 2.40. The van der Waals surface area contributed by atoms with Gasteiger partial charge in [-0.2, -0.15) is 0 Å². The van der Waals surface area contributed by atoms with Gasteiger partial charge in [0.05, 0.1) is 0 Å². The zero-order valence-electron chi connectivity index (χ0n) is 16.1. The molecular formula is C21H33NO2. The summed E-state index contributed by atoms with van der Waals surface area (Å²) in [6.07, 6.45) is 12.1. The summed E-state index contributed by atoms with van der Waals surface area (Å²) < 4.78 is 0. The molecule has 0 fully saturated rings. The van der Waals surface area contributed by atoms with Crippen molar-refractivity contribution >= 4 is 11.7 Å². The van der Waals surface area contributed by atoms with Crippen molar-refractivity contribution in [3.8, 4) is 0 Å². The Bertz CT molecular complexity index is 577. The van der Waals surface area contributed by atoms with Crippen LogP contribution in [0.15, 0.2) is 39.9 Å². The van der Waals surface area contributed by atoms with Gasteiger partial charge in [0.2, 0.25) is 0 Å². The molecule has 0 saturated carbocycles. The van der Waals surface area contributed by atoms with Gasteiger partial charge in [-0.15, -0.1) is 0 Å². The summed E-state index contributed by atoms with van der Waals surface area (Å²) in [7, 11) is 0. The van der Waals surface area contributed by atoms with Crippen LogP contribution in [0.5, 0.6) is 0 Å². The predicted molar refractivity (Wildman–Crippen MR) is 103 cm³/mol. The lowest BCUT2D eigenvalue weighted by atomic mass is 9.72. The fourth-order valence-electron chi connectivity index (χ4n) is 3.25. The van der Waals surface area contributed by atoms with Crippen LogP contribution in [0.2, 0.25) is 0 Å². The van der Waals surface area contributed by atoms with Gasteiger partial charge in [0.25, 0.3) is 0 Å². The zero-order chi connectivity index (χ0) is 18.3. The minimum absolute atomic E-state index is 0.273. The van der Waals surface area contributed by atoms with E-state index in [-0.39, 0.29) is 5.41 Å². The minimum Gasteiger partial charge on any atom is -0.480 e. The lowest BCUT2D eigenvalue weighted by Gasteiger charge is -2.32. The molecule has 0 heterocycles. The average Bonchev–Trinajstić information content (AvgIpc) is 2.45. The van der Waals surface area contributed by atoms with E-state index in [4.69, 9.17) is 5.11 Å². The Labute approximate surface area is 147 Å². The molecule has 1 N–H and O–H groups in total. The second-order valence-corrected chi connectivity index (χ2v) is 7.63. The number of carbonyl (C=O) groups is 1. The summed E-state index contributed by atoms with van der Waals surface area (Å²) in [5.41, 5.74) is 5.41. The lowest BCUT2D eigenvalue weighted by molar-refractivity contribution is -0.137. The van der Waals surface area contributed by atoms with Gasteiger partial charge in [0.1, 0.15) is 6.04 Å². The van der Waals surface area contributed by atoms with Crippen LogP contribution in [0.3, 0.4) is 0 Å². The number of aliphatic imine (C=N–C) groups is 1. The first-order valence-corrected chi connectivity index (χ1v) is 8.94. The molecule has 134 valence electrons. The van der Waals surface area contributed by atoms with Gasteiger partial charge < -0.3 is 5.11 Å². The number of allylic oxidation sites excluding steroid dienone is 6. The standard InChI is InChI=1S/C21H33NO2/c1-15(9-7-11-17(3)22-18(4)20(23)24)12-13-19-16(2)10-8-14-21(19,5)6/h9,12-13,18H,7-8,10-11,14H2,1-6H3,(H,23,24)/b13-12+,15-9+,22-17?. The van der Waals surface area contributed by atoms with Crippen molar-refractivity contribution in [3.05, 3.63) is 34.9 Å². The van der Waals surface area contributed by atoms with Gasteiger partial charge in [-0.1, -0.05) is 43.2 Å². The second kappa shape index (κ2) is 9.00. The number of carboxylic acid groups (broad SMARTS) is 1. The van der Waals surface area contributed by atoms with Gasteiger partial charge in [0.15, 0.2) is 0 Å². The molecule has 1 unspecified atom stereocenters. The molecule has 1 aliphatic rings. The monoisotopic (exact) mass is 331 g/mol. The fraction of sp³-hybridized carbons (Fsp3) is 0.619. The Morgan fingerprint density at radius 3 is 2.62 bits per heavy atom. The number of aliphatic carboxylic acids is 1. The van der Waals surface area contributed by atoms with E-state index in [2.05, 4.69) is 50.9 Å². The number of nitrogens with zero attached hydrogens (tertiary/aromatic N) is 1. The van der Waals surface area contributed by atoms with Crippen molar-refractivity contribution in [1.29, 1.82) is 0 Å². The molecule has 24 heavy (non-hydrogen) atoms. The Kier molecular flexibility index (Phi) is 7.65. The highest BCUT2D eigenvalue weighted by molar-refractivity contribution is 5.85. The Morgan fingerprint density at radius 2 is 2.04 bits per heavy atom. The Balaban J connectivity index is 2.63. The molecule has 0 amide bonds. The van der Waals surface area contributed by atoms with Gasteiger partial charge >= 0.3 is 5.97 Å². The summed E-state index contributed by atoms with van der Waals surface area (Å²) >= 11 is 0. The molecular weight excluding hydrogens is 298 g/mol. The van der Waals surface area contributed by atoms with E-state index in [9.17, 15) is 4.79 Å². The van der Waals surface area contributed by atoms with Crippen LogP contribution in [0.4, 0.5) is 0 Å². The number of hydrogen-bond acceptors (Lipinski definition) is 2. The van der Waals surface area contributed by atoms with Crippen molar-refractivity contribution in [2.75, 3.05) is 0 Å². The van der Waals surface area contributed by atoms with Crippen molar-refractivity contribution in [3.63, 3.8) is 0 Å². The van der Waals surface area contributed by atoms with E-state index >= 15 is 0 Å². The van der Waals surface area contributed by atoms with Crippen LogP contribution in [-0.4, -0.2) is 22.8 Å². The third kappa shape index (κ3) is 6.46. The van der Waals surface area contributed by atoms with Crippen LogP contribution < -0.4 is 0 Å². The molecule has 0 radical (unpaired) electrons. The Hall–Kier alpha value is -1.64. The molecule has 1 aliphatic carbocycles. The molecule has 1 rings (SSSR count). The van der Waals surface area contributed by atoms with Gasteiger partial charge in [0, 0.05) is 5.71 Å². The van der Waals surface area contributed by atoms with Crippen LogP contribution in [0.1, 0.15) is 73.6 Å². The van der Waals surface area contributed by atoms with Crippen molar-refractivity contribution in [2.24, 2.45) is 10.4 Å². The molecule has 1 atom stereocenters. The summed E-state index contributed by atoms with van der Waals surface area (Å²) in [6.45, 7) is 12.5. The number of rotatable bonds is 7. The Morgan fingerprint density at radius 1 is 1.38 bits per heavy atom. The number of carboxylic acids is 1. The molecule has 0 aromatic carbocycles. The maximum atomic E-state index is 10.8. The summed E-state index contributed by atoms with van der Waals surface area (Å²) in [5.74, 6) is -0.872. The fourth-order valence-corrected chi connectivity index (χ4v) is 3.25. The first-order chi connectivity index (χ1) is 11.1. The maximum Gasteiger partial charge on any atom is 0.328 e. The van der Waals surface area contributed by atoms with Crippen molar-refractivity contribution < 1.29 is 9.90 Å². The summed E-state index contributed by atoms with van der Waals surface area (Å²) in [4.78, 5) is 15.0. The van der Waals surface area contributed by atoms with Gasteiger partial charge in [-0.25, -0.2) is 4.79 Å². The van der Waals surface area contributed by atoms with Crippen LogP contribution in [0, 0.1) is 5.41 Å². The topological polar surface area (TPSA) is 49.7 Å². The van der Waals surface area contributed by atoms with Gasteiger partial charge in [-0.05, 0) is 70.8 Å². The molecule has 0 aromatic heterocycles. The quantitative estimate of drug-likeness (QED) is 0.478. The zero-order valence-corrected chi connectivity index (χ0v) is 16.1. The molecule has 0 saturated heterocycles. The van der Waals surface area contributed by atoms with E-state index in [1.165, 1.54) is 36.0 Å². The van der Waals surface area contributed by atoms with Crippen molar-refractivity contribution in [2.45, 2.75) is 79.7 Å². The summed E-state index contributed by atoms with van der Waals surface area (Å²) in [5, 5.41) is 8.87. The second-order valence-electron chi connectivity index (χ2n) is 7.63. The smallest absolute Gasteiger partial charge is 0.328 e. The first kappa shape index (κ1) is 20.4. The van der Waals surface area contributed by atoms with E-state index in [0.717, 1.165) is 18.6 Å². The molecule has 0 spiro atoms. The molecule has 3 heteroatoms. The first-order valence-electron chi connectivity index (χ1n) is 8.94. The average molecular weight is 332 g/mol. The molecule has 0 aliphatic heterocycles. The highest BCUT2D eigenvalue weighted by Gasteiger charge is 2.26. The van der Waals surface area contributed by atoms with E-state index < -0.39 is 12.0 Å². The lowest BCUT2D eigenvalue weighted by Crippen LogP contribution is -2.19. The van der Waals surface area contributed by atoms with Gasteiger partial charge in [-0.3, -0.25) is 4.99 Å². The normalized spacial score (nSPS) is 20.6. The van der Waals surface area contributed by atoms with E-state index in [0.29, 0.717) is 0 Å². The van der Waals surface area contributed by atoms with Crippen LogP contribution >= 0.6 is 0 Å². The number of hydrogen-bond donors (Lipinski definition) is 1. The van der Waals surface area contributed by atoms with E-state index in [1.807, 2.05) is 6.92 Å². The molecule has 0 bridgehead atoms. The largest absolute Gasteiger partial charge is 0.480 e. The van der Waals surface area contributed by atoms with E-state index in [1.54, 1.807) is 6.92 Å². The minimum atomic E-state index is -0.872. The predicted octanol–water partition coefficient (Wildman–Crippen LogP) is 5.73. The van der Waals surface area contributed by atoms with Crippen molar-refractivity contribution in [1.82, 2.24) is 0 Å². The molecule has 3 nitrogen and oxygen atoms in total. The van der Waals surface area contributed by atoms with Crippen LogP contribution in [0.25, 0.3) is 0 Å². The summed E-state index contributed by atoms with van der Waals surface area (Å²) in [6, 6.07) is -0.654. The van der Waals surface area contributed by atoms with Crippen LogP contribution in [-0.2, 0) is 4.79 Å². The maximum absolute atomic E-state index is 10.8. The highest BCUT2D eigenvalue weighted by atomic mass is 16.4. The third-order valence-electron chi connectivity index (χ3n) is 4.80. The molecule has 0 aromatic rings. The SMILES string of the molecule is CC(CC/C=C(C)/C=C/C1=C(C)CCCC1(C)C)=NC(C)C(=O)O. The third-order valence-corrected chi connectivity index (χ3v) is 4.80.